The Morgan fingerprint density at radius 3 is 2.21 bits per heavy atom. The van der Waals surface area contributed by atoms with E-state index in [4.69, 9.17) is 21.1 Å². The summed E-state index contributed by atoms with van der Waals surface area (Å²) in [5.74, 6) is 0.657. The van der Waals surface area contributed by atoms with Gasteiger partial charge in [0.15, 0.2) is 11.5 Å². The molecule has 0 aliphatic rings. The number of methoxy groups -OCH3 is 2. The molecule has 0 bridgehead atoms. The number of carbonyl (C=O) groups is 1. The number of benzene rings is 3. The maximum Gasteiger partial charge on any atom is 0.241 e. The molecule has 0 unspecified atom stereocenters. The molecule has 0 aliphatic heterocycles. The largest absolute Gasteiger partial charge is 0.493 e. The van der Waals surface area contributed by atoms with Crippen LogP contribution in [0.1, 0.15) is 11.1 Å². The Kier molecular flexibility index (Phi) is 8.32. The molecular weight excluding hydrogens is 464 g/mol. The molecule has 9 heteroatoms. The lowest BCUT2D eigenvalue weighted by molar-refractivity contribution is -0.122. The first kappa shape index (κ1) is 24.6. The zero-order chi connectivity index (χ0) is 23.8. The quantitative estimate of drug-likeness (QED) is 0.455. The van der Waals surface area contributed by atoms with Crippen molar-refractivity contribution in [2.45, 2.75) is 23.9 Å². The highest BCUT2D eigenvalue weighted by atomic mass is 35.5. The normalized spacial score (nSPS) is 12.1. The summed E-state index contributed by atoms with van der Waals surface area (Å²) in [6.07, 6.45) is 0.186. The average molecular weight is 489 g/mol. The molecule has 0 saturated heterocycles. The predicted octanol–water partition coefficient (Wildman–Crippen LogP) is 3.56. The van der Waals surface area contributed by atoms with Gasteiger partial charge in [0.05, 0.1) is 19.1 Å². The van der Waals surface area contributed by atoms with Crippen LogP contribution in [0.25, 0.3) is 0 Å². The number of hydrogen-bond donors (Lipinski definition) is 2. The number of nitrogens with one attached hydrogen (secondary N) is 2. The fourth-order valence-corrected chi connectivity index (χ4v) is 4.53. The summed E-state index contributed by atoms with van der Waals surface area (Å²) in [5, 5.41) is 3.23. The molecule has 3 aromatic carbocycles. The summed E-state index contributed by atoms with van der Waals surface area (Å²) < 4.78 is 38.9. The van der Waals surface area contributed by atoms with Gasteiger partial charge in [-0.15, -0.1) is 0 Å². The van der Waals surface area contributed by atoms with E-state index >= 15 is 0 Å². The van der Waals surface area contributed by atoms with Crippen LogP contribution in [-0.2, 0) is 27.8 Å². The van der Waals surface area contributed by atoms with Gasteiger partial charge in [-0.2, -0.15) is 4.72 Å². The van der Waals surface area contributed by atoms with E-state index in [2.05, 4.69) is 10.0 Å². The topological polar surface area (TPSA) is 93.7 Å². The lowest BCUT2D eigenvalue weighted by Crippen LogP contribution is -2.47. The van der Waals surface area contributed by atoms with Gasteiger partial charge in [0.1, 0.15) is 6.04 Å². The second-order valence-corrected chi connectivity index (χ2v) is 9.38. The van der Waals surface area contributed by atoms with Gasteiger partial charge < -0.3 is 14.8 Å². The van der Waals surface area contributed by atoms with E-state index in [1.807, 2.05) is 30.3 Å². The molecule has 174 valence electrons. The zero-order valence-corrected chi connectivity index (χ0v) is 19.8. The van der Waals surface area contributed by atoms with Gasteiger partial charge in [-0.05, 0) is 53.9 Å². The Hall–Kier alpha value is -3.07. The molecule has 0 radical (unpaired) electrons. The number of amides is 1. The van der Waals surface area contributed by atoms with Crippen molar-refractivity contribution >= 4 is 27.5 Å². The minimum absolute atomic E-state index is 0.0256. The summed E-state index contributed by atoms with van der Waals surface area (Å²) in [6.45, 7) is 0.188. The van der Waals surface area contributed by atoms with Crippen molar-refractivity contribution in [3.8, 4) is 11.5 Å². The molecular formula is C24H25ClN2O5S. The molecule has 0 heterocycles. The number of halogens is 1. The van der Waals surface area contributed by atoms with Gasteiger partial charge in [-0.1, -0.05) is 48.0 Å². The monoisotopic (exact) mass is 488 g/mol. The van der Waals surface area contributed by atoms with Gasteiger partial charge in [0, 0.05) is 11.6 Å². The molecule has 1 amide bonds. The van der Waals surface area contributed by atoms with Crippen LogP contribution in [0.2, 0.25) is 5.02 Å². The summed E-state index contributed by atoms with van der Waals surface area (Å²) in [4.78, 5) is 13.1. The van der Waals surface area contributed by atoms with E-state index in [9.17, 15) is 13.2 Å². The van der Waals surface area contributed by atoms with Crippen molar-refractivity contribution < 1.29 is 22.7 Å². The summed E-state index contributed by atoms with van der Waals surface area (Å²) in [7, 11) is -0.879. The summed E-state index contributed by atoms with van der Waals surface area (Å²) >= 11 is 5.87. The SMILES string of the molecule is COc1ccc(CNC(=O)[C@@H](Cc2ccccc2)NS(=O)(=O)c2ccc(Cl)cc2)cc1OC. The lowest BCUT2D eigenvalue weighted by atomic mass is 10.1. The van der Waals surface area contributed by atoms with E-state index in [0.29, 0.717) is 16.5 Å². The van der Waals surface area contributed by atoms with Crippen LogP contribution in [0.5, 0.6) is 11.5 Å². The Balaban J connectivity index is 1.78. The molecule has 0 fully saturated rings. The third kappa shape index (κ3) is 6.71. The fourth-order valence-electron chi connectivity index (χ4n) is 3.21. The van der Waals surface area contributed by atoms with Crippen LogP contribution in [-0.4, -0.2) is 34.6 Å². The Morgan fingerprint density at radius 1 is 0.909 bits per heavy atom. The van der Waals surface area contributed by atoms with Gasteiger partial charge >= 0.3 is 0 Å². The zero-order valence-electron chi connectivity index (χ0n) is 18.2. The van der Waals surface area contributed by atoms with Crippen molar-refractivity contribution in [1.29, 1.82) is 0 Å². The van der Waals surface area contributed by atoms with Crippen LogP contribution in [0.15, 0.2) is 77.7 Å². The number of hydrogen-bond acceptors (Lipinski definition) is 5. The van der Waals surface area contributed by atoms with Crippen LogP contribution in [0, 0.1) is 0 Å². The Labute approximate surface area is 198 Å². The van der Waals surface area contributed by atoms with Crippen LogP contribution < -0.4 is 19.5 Å². The van der Waals surface area contributed by atoms with E-state index in [-0.39, 0.29) is 17.9 Å². The number of carbonyl (C=O) groups excluding carboxylic acids is 1. The van der Waals surface area contributed by atoms with Gasteiger partial charge in [-0.25, -0.2) is 8.42 Å². The van der Waals surface area contributed by atoms with Crippen LogP contribution in [0.4, 0.5) is 0 Å². The highest BCUT2D eigenvalue weighted by molar-refractivity contribution is 7.89. The molecule has 7 nitrogen and oxygen atoms in total. The minimum Gasteiger partial charge on any atom is -0.493 e. The Morgan fingerprint density at radius 2 is 1.58 bits per heavy atom. The first-order valence-electron chi connectivity index (χ1n) is 10.1. The second kappa shape index (κ2) is 11.2. The van der Waals surface area contributed by atoms with Gasteiger partial charge in [-0.3, -0.25) is 4.79 Å². The smallest absolute Gasteiger partial charge is 0.241 e. The van der Waals surface area contributed by atoms with Gasteiger partial charge in [0.25, 0.3) is 0 Å². The highest BCUT2D eigenvalue weighted by Crippen LogP contribution is 2.27. The van der Waals surface area contributed by atoms with Crippen molar-refractivity contribution in [2.24, 2.45) is 0 Å². The fraction of sp³-hybridized carbons (Fsp3) is 0.208. The molecule has 2 N–H and O–H groups in total. The van der Waals surface area contributed by atoms with Crippen molar-refractivity contribution in [3.63, 3.8) is 0 Å². The highest BCUT2D eigenvalue weighted by Gasteiger charge is 2.26. The predicted molar refractivity (Wildman–Crippen MR) is 127 cm³/mol. The van der Waals surface area contributed by atoms with Crippen molar-refractivity contribution in [2.75, 3.05) is 14.2 Å². The van der Waals surface area contributed by atoms with E-state index < -0.39 is 22.0 Å². The van der Waals surface area contributed by atoms with E-state index in [1.54, 1.807) is 25.3 Å². The number of ether oxygens (including phenoxy) is 2. The standard InChI is InChI=1S/C24H25ClN2O5S/c1-31-22-13-8-18(15-23(22)32-2)16-26-24(28)21(14-17-6-4-3-5-7-17)27-33(29,30)20-11-9-19(25)10-12-20/h3-13,15,21,27H,14,16H2,1-2H3,(H,26,28)/t21-/m1/s1. The second-order valence-electron chi connectivity index (χ2n) is 7.22. The minimum atomic E-state index is -3.95. The maximum atomic E-state index is 13.0. The third-order valence-electron chi connectivity index (χ3n) is 4.94. The van der Waals surface area contributed by atoms with Crippen molar-refractivity contribution in [3.05, 3.63) is 88.9 Å². The molecule has 1 atom stereocenters. The molecule has 3 rings (SSSR count). The first-order valence-corrected chi connectivity index (χ1v) is 12.0. The molecule has 0 aromatic heterocycles. The molecule has 33 heavy (non-hydrogen) atoms. The van der Waals surface area contributed by atoms with Gasteiger partial charge in [0.2, 0.25) is 15.9 Å². The summed E-state index contributed by atoms with van der Waals surface area (Å²) in [6, 6.07) is 19.2. The van der Waals surface area contributed by atoms with E-state index in [0.717, 1.165) is 11.1 Å². The molecule has 0 saturated carbocycles. The molecule has 0 spiro atoms. The average Bonchev–Trinajstić information content (AvgIpc) is 2.82. The van der Waals surface area contributed by atoms with Crippen LogP contribution >= 0.6 is 11.6 Å². The molecule has 0 aliphatic carbocycles. The first-order chi connectivity index (χ1) is 15.8. The number of rotatable bonds is 10. The Bertz CT molecular complexity index is 1190. The third-order valence-corrected chi connectivity index (χ3v) is 6.67. The number of sulfonamides is 1. The van der Waals surface area contributed by atoms with Crippen molar-refractivity contribution in [1.82, 2.24) is 10.0 Å². The lowest BCUT2D eigenvalue weighted by Gasteiger charge is -2.19. The molecule has 3 aromatic rings. The van der Waals surface area contributed by atoms with Crippen LogP contribution in [0.3, 0.4) is 0 Å². The summed E-state index contributed by atoms with van der Waals surface area (Å²) in [5.41, 5.74) is 1.60. The van der Waals surface area contributed by atoms with E-state index in [1.165, 1.54) is 31.4 Å². The maximum absolute atomic E-state index is 13.0.